The van der Waals surface area contributed by atoms with E-state index < -0.39 is 10.0 Å². The molecule has 1 amide bonds. The summed E-state index contributed by atoms with van der Waals surface area (Å²) in [7, 11) is -2.15. The van der Waals surface area contributed by atoms with E-state index in [-0.39, 0.29) is 16.7 Å². The number of ether oxygens (including phenoxy) is 1. The fourth-order valence-corrected chi connectivity index (χ4v) is 5.83. The van der Waals surface area contributed by atoms with E-state index in [9.17, 15) is 13.2 Å². The van der Waals surface area contributed by atoms with Gasteiger partial charge in [-0.3, -0.25) is 4.79 Å². The molecular weight excluding hydrogens is 438 g/mol. The van der Waals surface area contributed by atoms with Crippen molar-refractivity contribution in [3.8, 4) is 5.75 Å². The molecule has 0 atom stereocenters. The molecule has 0 radical (unpaired) electrons. The second kappa shape index (κ2) is 9.39. The topological polar surface area (TPSA) is 88.1 Å². The minimum absolute atomic E-state index is 0.0234. The quantitative estimate of drug-likeness (QED) is 0.716. The Morgan fingerprint density at radius 1 is 1.09 bits per heavy atom. The van der Waals surface area contributed by atoms with Crippen LogP contribution in [0.15, 0.2) is 58.5 Å². The lowest BCUT2D eigenvalue weighted by Gasteiger charge is -2.32. The third-order valence-corrected chi connectivity index (χ3v) is 7.76. The van der Waals surface area contributed by atoms with Gasteiger partial charge < -0.3 is 15.0 Å². The first-order valence-electron chi connectivity index (χ1n) is 11.2. The summed E-state index contributed by atoms with van der Waals surface area (Å²) >= 11 is 0. The fourth-order valence-electron chi connectivity index (χ4n) is 4.35. The summed E-state index contributed by atoms with van der Waals surface area (Å²) in [5.74, 6) is 1.08. The SMILES string of the molecule is CCc1ccc(C2=C(C)C(N3CCC(C(=O)Nc4ccc(OC)cc4)CC3)=NS2(=O)=O)cc1. The van der Waals surface area contributed by atoms with Gasteiger partial charge in [-0.2, -0.15) is 8.42 Å². The number of nitrogens with one attached hydrogen (secondary N) is 1. The van der Waals surface area contributed by atoms with Crippen LogP contribution in [0.3, 0.4) is 0 Å². The number of aryl methyl sites for hydroxylation is 1. The largest absolute Gasteiger partial charge is 0.497 e. The zero-order valence-electron chi connectivity index (χ0n) is 19.2. The van der Waals surface area contributed by atoms with E-state index in [2.05, 4.69) is 16.6 Å². The molecule has 33 heavy (non-hydrogen) atoms. The maximum Gasteiger partial charge on any atom is 0.285 e. The number of likely N-dealkylation sites (tertiary alicyclic amines) is 1. The van der Waals surface area contributed by atoms with E-state index in [1.54, 1.807) is 19.2 Å². The number of rotatable bonds is 5. The number of benzene rings is 2. The molecule has 0 saturated carbocycles. The van der Waals surface area contributed by atoms with E-state index in [4.69, 9.17) is 4.74 Å². The van der Waals surface area contributed by atoms with Crippen molar-refractivity contribution in [2.75, 3.05) is 25.5 Å². The Balaban J connectivity index is 1.43. The van der Waals surface area contributed by atoms with Gasteiger partial charge in [0, 0.05) is 30.3 Å². The molecule has 0 spiro atoms. The highest BCUT2D eigenvalue weighted by molar-refractivity contribution is 8.00. The summed E-state index contributed by atoms with van der Waals surface area (Å²) in [6.07, 6.45) is 2.16. The Kier molecular flexibility index (Phi) is 6.56. The second-order valence-electron chi connectivity index (χ2n) is 8.37. The number of sulfonamides is 1. The van der Waals surface area contributed by atoms with Crippen LogP contribution in [0.5, 0.6) is 5.75 Å². The van der Waals surface area contributed by atoms with Crippen molar-refractivity contribution >= 4 is 32.4 Å². The third-order valence-electron chi connectivity index (χ3n) is 6.29. The number of amides is 1. The molecule has 0 aromatic heterocycles. The number of piperidine rings is 1. The van der Waals surface area contributed by atoms with Crippen LogP contribution in [0.1, 0.15) is 37.8 Å². The Bertz CT molecular complexity index is 1190. The summed E-state index contributed by atoms with van der Waals surface area (Å²) in [5.41, 5.74) is 3.22. The van der Waals surface area contributed by atoms with Crippen LogP contribution in [-0.4, -0.2) is 45.3 Å². The highest BCUT2D eigenvalue weighted by Gasteiger charge is 2.35. The first-order valence-corrected chi connectivity index (χ1v) is 12.6. The summed E-state index contributed by atoms with van der Waals surface area (Å²) in [5, 5.41) is 2.96. The molecule has 1 fully saturated rings. The maximum absolute atomic E-state index is 12.9. The predicted octanol–water partition coefficient (Wildman–Crippen LogP) is 4.08. The van der Waals surface area contributed by atoms with Crippen LogP contribution in [-0.2, 0) is 21.2 Å². The summed E-state index contributed by atoms with van der Waals surface area (Å²) in [6, 6.07) is 14.8. The molecule has 0 unspecified atom stereocenters. The molecule has 2 aliphatic rings. The van der Waals surface area contributed by atoms with Gasteiger partial charge in [0.15, 0.2) is 0 Å². The lowest BCUT2D eigenvalue weighted by atomic mass is 9.95. The number of methoxy groups -OCH3 is 1. The Labute approximate surface area is 195 Å². The number of carbonyl (C=O) groups is 1. The number of carbonyl (C=O) groups excluding carboxylic acids is 1. The summed E-state index contributed by atoms with van der Waals surface area (Å²) in [6.45, 7) is 5.03. The highest BCUT2D eigenvalue weighted by atomic mass is 32.2. The van der Waals surface area contributed by atoms with Crippen molar-refractivity contribution in [3.63, 3.8) is 0 Å². The third kappa shape index (κ3) is 4.80. The zero-order valence-corrected chi connectivity index (χ0v) is 20.0. The van der Waals surface area contributed by atoms with Crippen LogP contribution >= 0.6 is 0 Å². The monoisotopic (exact) mass is 467 g/mol. The van der Waals surface area contributed by atoms with E-state index in [1.165, 1.54) is 0 Å². The zero-order chi connectivity index (χ0) is 23.6. The van der Waals surface area contributed by atoms with Gasteiger partial charge in [0.1, 0.15) is 16.5 Å². The molecule has 4 rings (SSSR count). The maximum atomic E-state index is 12.9. The van der Waals surface area contributed by atoms with E-state index >= 15 is 0 Å². The van der Waals surface area contributed by atoms with Crippen LogP contribution in [0.4, 0.5) is 5.69 Å². The van der Waals surface area contributed by atoms with E-state index in [0.717, 1.165) is 23.4 Å². The van der Waals surface area contributed by atoms with Gasteiger partial charge in [0.2, 0.25) is 5.91 Å². The first-order chi connectivity index (χ1) is 15.8. The average Bonchev–Trinajstić information content (AvgIpc) is 3.08. The van der Waals surface area contributed by atoms with Gasteiger partial charge in [0.25, 0.3) is 10.0 Å². The molecule has 1 saturated heterocycles. The van der Waals surface area contributed by atoms with Crippen LogP contribution in [0.25, 0.3) is 4.91 Å². The van der Waals surface area contributed by atoms with Gasteiger partial charge in [-0.1, -0.05) is 31.2 Å². The van der Waals surface area contributed by atoms with Crippen molar-refractivity contribution < 1.29 is 17.9 Å². The molecule has 174 valence electrons. The lowest BCUT2D eigenvalue weighted by molar-refractivity contribution is -0.120. The normalized spacial score (nSPS) is 18.3. The summed E-state index contributed by atoms with van der Waals surface area (Å²) < 4.78 is 35.0. The molecular formula is C25H29N3O4S. The van der Waals surface area contributed by atoms with Gasteiger partial charge in [-0.05, 0) is 61.6 Å². The Morgan fingerprint density at radius 3 is 2.30 bits per heavy atom. The highest BCUT2D eigenvalue weighted by Crippen LogP contribution is 2.35. The molecule has 2 aromatic carbocycles. The number of hydrogen-bond donors (Lipinski definition) is 1. The molecule has 2 aliphatic heterocycles. The standard InChI is InChI=1S/C25H29N3O4S/c1-4-18-5-7-19(8-6-18)23-17(2)24(27-33(23,30)31)28-15-13-20(14-16-28)25(29)26-21-9-11-22(32-3)12-10-21/h5-12,20H,4,13-16H2,1-3H3,(H,26,29). The second-order valence-corrected chi connectivity index (χ2v) is 9.91. The number of hydrogen-bond acceptors (Lipinski definition) is 5. The van der Waals surface area contributed by atoms with Crippen molar-refractivity contribution in [2.45, 2.75) is 33.1 Å². The van der Waals surface area contributed by atoms with Crippen LogP contribution < -0.4 is 10.1 Å². The Morgan fingerprint density at radius 2 is 1.73 bits per heavy atom. The molecule has 2 heterocycles. The predicted molar refractivity (Wildman–Crippen MR) is 131 cm³/mol. The van der Waals surface area contributed by atoms with Gasteiger partial charge in [0.05, 0.1) is 7.11 Å². The molecule has 7 nitrogen and oxygen atoms in total. The first kappa shape index (κ1) is 23.0. The average molecular weight is 468 g/mol. The van der Waals surface area contributed by atoms with Crippen molar-refractivity contribution in [3.05, 3.63) is 65.2 Å². The summed E-state index contributed by atoms with van der Waals surface area (Å²) in [4.78, 5) is 15.0. The van der Waals surface area contributed by atoms with Crippen molar-refractivity contribution in [1.82, 2.24) is 4.90 Å². The molecule has 8 heteroatoms. The van der Waals surface area contributed by atoms with Crippen molar-refractivity contribution in [1.29, 1.82) is 0 Å². The van der Waals surface area contributed by atoms with Gasteiger partial charge in [-0.25, -0.2) is 0 Å². The fraction of sp³-hybridized carbons (Fsp3) is 0.360. The molecule has 0 bridgehead atoms. The molecule has 1 N–H and O–H groups in total. The van der Waals surface area contributed by atoms with Gasteiger partial charge in [-0.15, -0.1) is 4.40 Å². The smallest absolute Gasteiger partial charge is 0.285 e. The van der Waals surface area contributed by atoms with E-state index in [1.807, 2.05) is 48.2 Å². The van der Waals surface area contributed by atoms with Crippen LogP contribution in [0, 0.1) is 5.92 Å². The number of anilines is 1. The van der Waals surface area contributed by atoms with Gasteiger partial charge >= 0.3 is 0 Å². The number of amidine groups is 1. The van der Waals surface area contributed by atoms with Crippen molar-refractivity contribution in [2.24, 2.45) is 10.3 Å². The minimum atomic E-state index is -3.75. The lowest BCUT2D eigenvalue weighted by Crippen LogP contribution is -2.41. The minimum Gasteiger partial charge on any atom is -0.497 e. The van der Waals surface area contributed by atoms with E-state index in [0.29, 0.717) is 42.9 Å². The van der Waals surface area contributed by atoms with Crippen LogP contribution in [0.2, 0.25) is 0 Å². The number of nitrogens with zero attached hydrogens (tertiary/aromatic N) is 2. The Hall–Kier alpha value is -3.13. The molecule has 2 aromatic rings. The molecule has 0 aliphatic carbocycles.